The Balaban J connectivity index is 1.98. The van der Waals surface area contributed by atoms with Crippen molar-refractivity contribution in [3.05, 3.63) is 29.8 Å². The third-order valence-electron chi connectivity index (χ3n) is 3.10. The van der Waals surface area contributed by atoms with Gasteiger partial charge in [0.25, 0.3) is 0 Å². The number of amides is 2. The van der Waals surface area contributed by atoms with E-state index >= 15 is 0 Å². The minimum Gasteiger partial charge on any atom is -0.399 e. The number of carbonyl (C=O) groups is 1. The molecule has 1 aromatic carbocycles. The van der Waals surface area contributed by atoms with Gasteiger partial charge in [-0.2, -0.15) is 0 Å². The number of nitrogens with one attached hydrogen (secondary N) is 2. The number of nitrogen functional groups attached to an aromatic ring is 1. The summed E-state index contributed by atoms with van der Waals surface area (Å²) in [7, 11) is 0. The van der Waals surface area contributed by atoms with Crippen molar-refractivity contribution in [2.45, 2.75) is 31.4 Å². The van der Waals surface area contributed by atoms with E-state index in [1.54, 1.807) is 6.92 Å². The maximum atomic E-state index is 11.7. The van der Waals surface area contributed by atoms with E-state index in [2.05, 4.69) is 10.6 Å². The SMILES string of the molecule is CC(O)CNC(=O)NC1(c2cccc(N)c2)CC1. The van der Waals surface area contributed by atoms with Crippen LogP contribution >= 0.6 is 0 Å². The lowest BCUT2D eigenvalue weighted by Gasteiger charge is -2.19. The summed E-state index contributed by atoms with van der Waals surface area (Å²) in [4.78, 5) is 11.7. The molecule has 0 aromatic heterocycles. The van der Waals surface area contributed by atoms with Gasteiger partial charge in [0.2, 0.25) is 0 Å². The van der Waals surface area contributed by atoms with Crippen LogP contribution in [-0.4, -0.2) is 23.8 Å². The normalized spacial score (nSPS) is 17.9. The molecule has 18 heavy (non-hydrogen) atoms. The van der Waals surface area contributed by atoms with Crippen molar-refractivity contribution >= 4 is 11.7 Å². The van der Waals surface area contributed by atoms with E-state index in [-0.39, 0.29) is 18.1 Å². The lowest BCUT2D eigenvalue weighted by molar-refractivity contribution is 0.186. The average molecular weight is 249 g/mol. The third-order valence-corrected chi connectivity index (χ3v) is 3.10. The van der Waals surface area contributed by atoms with E-state index in [1.807, 2.05) is 24.3 Å². The van der Waals surface area contributed by atoms with Crippen LogP contribution in [0.1, 0.15) is 25.3 Å². The van der Waals surface area contributed by atoms with E-state index in [4.69, 9.17) is 10.8 Å². The first-order chi connectivity index (χ1) is 8.52. The molecule has 0 heterocycles. The number of rotatable bonds is 4. The largest absolute Gasteiger partial charge is 0.399 e. The summed E-state index contributed by atoms with van der Waals surface area (Å²) < 4.78 is 0. The average Bonchev–Trinajstić information content (AvgIpc) is 3.07. The minimum absolute atomic E-state index is 0.249. The molecule has 98 valence electrons. The molecule has 1 fully saturated rings. The highest BCUT2D eigenvalue weighted by Gasteiger charge is 2.45. The van der Waals surface area contributed by atoms with Crippen LogP contribution in [0.4, 0.5) is 10.5 Å². The van der Waals surface area contributed by atoms with Gasteiger partial charge >= 0.3 is 6.03 Å². The fourth-order valence-electron chi connectivity index (χ4n) is 1.95. The van der Waals surface area contributed by atoms with Crippen LogP contribution in [0.2, 0.25) is 0 Å². The Morgan fingerprint density at radius 3 is 2.83 bits per heavy atom. The summed E-state index contributed by atoms with van der Waals surface area (Å²) in [6.07, 6.45) is 1.29. The lowest BCUT2D eigenvalue weighted by Crippen LogP contribution is -2.44. The highest BCUT2D eigenvalue weighted by atomic mass is 16.3. The van der Waals surface area contributed by atoms with Gasteiger partial charge in [-0.25, -0.2) is 4.79 Å². The maximum absolute atomic E-state index is 11.7. The highest BCUT2D eigenvalue weighted by Crippen LogP contribution is 2.45. The van der Waals surface area contributed by atoms with E-state index in [1.165, 1.54) is 0 Å². The number of anilines is 1. The number of benzene rings is 1. The summed E-state index contributed by atoms with van der Waals surface area (Å²) in [5, 5.41) is 14.7. The van der Waals surface area contributed by atoms with Crippen molar-refractivity contribution in [3.63, 3.8) is 0 Å². The van der Waals surface area contributed by atoms with E-state index < -0.39 is 6.10 Å². The lowest BCUT2D eigenvalue weighted by atomic mass is 10.0. The molecule has 5 N–H and O–H groups in total. The second-order valence-electron chi connectivity index (χ2n) is 4.89. The molecule has 5 nitrogen and oxygen atoms in total. The maximum Gasteiger partial charge on any atom is 0.315 e. The van der Waals surface area contributed by atoms with Crippen molar-refractivity contribution in [1.29, 1.82) is 0 Å². The summed E-state index contributed by atoms with van der Waals surface area (Å²) in [5.41, 5.74) is 7.21. The summed E-state index contributed by atoms with van der Waals surface area (Å²) >= 11 is 0. The van der Waals surface area contributed by atoms with Crippen molar-refractivity contribution in [1.82, 2.24) is 10.6 Å². The predicted molar refractivity (Wildman–Crippen MR) is 70.0 cm³/mol. The molecule has 0 radical (unpaired) electrons. The zero-order valence-corrected chi connectivity index (χ0v) is 10.4. The predicted octanol–water partition coefficient (Wildman–Crippen LogP) is 0.938. The molecular formula is C13H19N3O2. The van der Waals surface area contributed by atoms with Crippen molar-refractivity contribution in [2.75, 3.05) is 12.3 Å². The van der Waals surface area contributed by atoms with Gasteiger partial charge in [0.05, 0.1) is 11.6 Å². The van der Waals surface area contributed by atoms with Gasteiger partial charge in [0.1, 0.15) is 0 Å². The first-order valence-electron chi connectivity index (χ1n) is 6.12. The minimum atomic E-state index is -0.543. The van der Waals surface area contributed by atoms with Gasteiger partial charge in [-0.15, -0.1) is 0 Å². The zero-order chi connectivity index (χ0) is 13.2. The molecule has 2 rings (SSSR count). The van der Waals surface area contributed by atoms with Crippen molar-refractivity contribution < 1.29 is 9.90 Å². The number of carbonyl (C=O) groups excluding carboxylic acids is 1. The fourth-order valence-corrected chi connectivity index (χ4v) is 1.95. The number of urea groups is 1. The second kappa shape index (κ2) is 4.86. The number of hydrogen-bond donors (Lipinski definition) is 4. The molecule has 1 aliphatic rings. The number of hydrogen-bond acceptors (Lipinski definition) is 3. The Hall–Kier alpha value is -1.75. The molecule has 1 unspecified atom stereocenters. The zero-order valence-electron chi connectivity index (χ0n) is 10.4. The monoisotopic (exact) mass is 249 g/mol. The first kappa shape index (κ1) is 12.7. The molecule has 1 aliphatic carbocycles. The van der Waals surface area contributed by atoms with Crippen LogP contribution < -0.4 is 16.4 Å². The quantitative estimate of drug-likeness (QED) is 0.599. The molecule has 2 amide bonds. The molecule has 1 atom stereocenters. The van der Waals surface area contributed by atoms with Crippen molar-refractivity contribution in [3.8, 4) is 0 Å². The van der Waals surface area contributed by atoms with Crippen LogP contribution in [0, 0.1) is 0 Å². The molecule has 0 spiro atoms. The first-order valence-corrected chi connectivity index (χ1v) is 6.12. The Bertz CT molecular complexity index is 442. The molecular weight excluding hydrogens is 230 g/mol. The van der Waals surface area contributed by atoms with Crippen LogP contribution in [0.15, 0.2) is 24.3 Å². The Morgan fingerprint density at radius 2 is 2.28 bits per heavy atom. The molecule has 0 aliphatic heterocycles. The summed E-state index contributed by atoms with van der Waals surface area (Å²) in [5.74, 6) is 0. The summed E-state index contributed by atoms with van der Waals surface area (Å²) in [6, 6.07) is 7.32. The van der Waals surface area contributed by atoms with Gasteiger partial charge in [-0.1, -0.05) is 12.1 Å². The van der Waals surface area contributed by atoms with Crippen LogP contribution in [-0.2, 0) is 5.54 Å². The Kier molecular flexibility index (Phi) is 3.43. The van der Waals surface area contributed by atoms with Gasteiger partial charge < -0.3 is 21.5 Å². The number of nitrogens with two attached hydrogens (primary N) is 1. The van der Waals surface area contributed by atoms with Crippen LogP contribution in [0.3, 0.4) is 0 Å². The molecule has 0 bridgehead atoms. The van der Waals surface area contributed by atoms with Gasteiger partial charge in [0, 0.05) is 12.2 Å². The Morgan fingerprint density at radius 1 is 1.56 bits per heavy atom. The molecule has 5 heteroatoms. The van der Waals surface area contributed by atoms with E-state index in [0.29, 0.717) is 5.69 Å². The number of aliphatic hydroxyl groups excluding tert-OH is 1. The van der Waals surface area contributed by atoms with Gasteiger partial charge in [0.15, 0.2) is 0 Å². The van der Waals surface area contributed by atoms with Gasteiger partial charge in [-0.05, 0) is 37.5 Å². The summed E-state index contributed by atoms with van der Waals surface area (Å²) in [6.45, 7) is 1.88. The third kappa shape index (κ3) is 2.92. The van der Waals surface area contributed by atoms with E-state index in [9.17, 15) is 4.79 Å². The standard InChI is InChI=1S/C13H19N3O2/c1-9(17)8-15-12(18)16-13(5-6-13)10-3-2-4-11(14)7-10/h2-4,7,9,17H,5-6,8,14H2,1H3,(H2,15,16,18). The fraction of sp³-hybridized carbons (Fsp3) is 0.462. The molecule has 0 saturated heterocycles. The van der Waals surface area contributed by atoms with Crippen LogP contribution in [0.5, 0.6) is 0 Å². The second-order valence-corrected chi connectivity index (χ2v) is 4.89. The molecule has 1 aromatic rings. The smallest absolute Gasteiger partial charge is 0.315 e. The Labute approximate surface area is 106 Å². The van der Waals surface area contributed by atoms with Gasteiger partial charge in [-0.3, -0.25) is 0 Å². The van der Waals surface area contributed by atoms with Crippen molar-refractivity contribution in [2.24, 2.45) is 0 Å². The molecule has 1 saturated carbocycles. The van der Waals surface area contributed by atoms with Crippen LogP contribution in [0.25, 0.3) is 0 Å². The van der Waals surface area contributed by atoms with E-state index in [0.717, 1.165) is 18.4 Å². The topological polar surface area (TPSA) is 87.4 Å². The highest BCUT2D eigenvalue weighted by molar-refractivity contribution is 5.75. The number of aliphatic hydroxyl groups is 1.